The molecule has 4 rings (SSSR count). The minimum atomic E-state index is -0.562. The fourth-order valence-electron chi connectivity index (χ4n) is 4.23. The lowest BCUT2D eigenvalue weighted by Crippen LogP contribution is -2.19. The normalized spacial score (nSPS) is 10.9. The van der Waals surface area contributed by atoms with E-state index < -0.39 is 11.9 Å². The monoisotopic (exact) mass is 806 g/mol. The van der Waals surface area contributed by atoms with Gasteiger partial charge in [-0.3, -0.25) is 9.59 Å². The molecular formula is C36H32Br2N4O8. The van der Waals surface area contributed by atoms with Crippen molar-refractivity contribution in [2.45, 2.75) is 25.7 Å². The Balaban J connectivity index is 1.20. The first-order valence-electron chi connectivity index (χ1n) is 15.1. The fourth-order valence-corrected chi connectivity index (χ4v) is 4.99. The van der Waals surface area contributed by atoms with E-state index in [1.165, 1.54) is 26.6 Å². The Bertz CT molecular complexity index is 1740. The number of rotatable bonds is 15. The van der Waals surface area contributed by atoms with Crippen LogP contribution >= 0.6 is 31.9 Å². The molecule has 0 spiro atoms. The summed E-state index contributed by atoms with van der Waals surface area (Å²) in [5.41, 5.74) is 6.50. The lowest BCUT2D eigenvalue weighted by atomic mass is 10.2. The molecule has 0 saturated carbocycles. The number of nitrogens with zero attached hydrogens (tertiary/aromatic N) is 2. The standard InChI is InChI=1S/C36H32Br2N4O8/c1-47-29-13-7-23(8-14-29)35(45)49-31-17-11-27(37)19-25(31)21-39-41-33(43)5-3-4-6-34(44)42-40-22-26-20-28(38)12-18-32(26)50-36(46)24-9-15-30(48-2)16-10-24/h7-22H,3-6H2,1-2H3,(H,41,43)(H,42,44)/b39-21-,40-22-. The zero-order valence-corrected chi connectivity index (χ0v) is 30.2. The summed E-state index contributed by atoms with van der Waals surface area (Å²) in [6.45, 7) is 0. The van der Waals surface area contributed by atoms with Crippen molar-refractivity contribution in [3.63, 3.8) is 0 Å². The molecule has 0 heterocycles. The van der Waals surface area contributed by atoms with Gasteiger partial charge in [0.25, 0.3) is 0 Å². The number of hydrogen-bond acceptors (Lipinski definition) is 10. The molecule has 4 aromatic rings. The van der Waals surface area contributed by atoms with Gasteiger partial charge in [0.2, 0.25) is 11.8 Å². The van der Waals surface area contributed by atoms with Crippen LogP contribution in [0.25, 0.3) is 0 Å². The zero-order chi connectivity index (χ0) is 35.9. The predicted octanol–water partition coefficient (Wildman–Crippen LogP) is 6.83. The molecule has 258 valence electrons. The Kier molecular flexibility index (Phi) is 14.2. The average Bonchev–Trinajstić information content (AvgIpc) is 3.12. The maximum Gasteiger partial charge on any atom is 0.343 e. The second kappa shape index (κ2) is 19.0. The van der Waals surface area contributed by atoms with Gasteiger partial charge in [-0.1, -0.05) is 31.9 Å². The lowest BCUT2D eigenvalue weighted by molar-refractivity contribution is -0.123. The van der Waals surface area contributed by atoms with Gasteiger partial charge in [0.15, 0.2) is 0 Å². The maximum absolute atomic E-state index is 12.6. The van der Waals surface area contributed by atoms with E-state index in [0.717, 1.165) is 8.95 Å². The van der Waals surface area contributed by atoms with Crippen molar-refractivity contribution in [2.75, 3.05) is 14.2 Å². The van der Waals surface area contributed by atoms with Crippen LogP contribution in [0.15, 0.2) is 104 Å². The van der Waals surface area contributed by atoms with Gasteiger partial charge in [0, 0.05) is 32.9 Å². The van der Waals surface area contributed by atoms with Crippen molar-refractivity contribution in [1.29, 1.82) is 0 Å². The topological polar surface area (TPSA) is 154 Å². The molecule has 0 radical (unpaired) electrons. The molecule has 14 heteroatoms. The van der Waals surface area contributed by atoms with Gasteiger partial charge in [0.1, 0.15) is 23.0 Å². The van der Waals surface area contributed by atoms with Crippen molar-refractivity contribution < 1.29 is 38.1 Å². The molecule has 0 aromatic heterocycles. The number of nitrogens with one attached hydrogen (secondary N) is 2. The lowest BCUT2D eigenvalue weighted by Gasteiger charge is -2.09. The third-order valence-corrected chi connectivity index (χ3v) is 7.83. The van der Waals surface area contributed by atoms with Crippen LogP contribution < -0.4 is 29.8 Å². The van der Waals surface area contributed by atoms with Crippen LogP contribution in [0, 0.1) is 0 Å². The van der Waals surface area contributed by atoms with Gasteiger partial charge in [-0.25, -0.2) is 20.4 Å². The fraction of sp³-hybridized carbons (Fsp3) is 0.167. The van der Waals surface area contributed by atoms with E-state index in [9.17, 15) is 19.2 Å². The summed E-state index contributed by atoms with van der Waals surface area (Å²) in [5, 5.41) is 7.99. The molecule has 50 heavy (non-hydrogen) atoms. The first kappa shape index (κ1) is 37.5. The van der Waals surface area contributed by atoms with E-state index >= 15 is 0 Å². The third kappa shape index (κ3) is 11.7. The van der Waals surface area contributed by atoms with Crippen LogP contribution in [0.3, 0.4) is 0 Å². The highest BCUT2D eigenvalue weighted by Gasteiger charge is 2.14. The minimum Gasteiger partial charge on any atom is -0.497 e. The molecular weight excluding hydrogens is 776 g/mol. The summed E-state index contributed by atoms with van der Waals surface area (Å²) < 4.78 is 22.8. The minimum absolute atomic E-state index is 0.132. The average molecular weight is 808 g/mol. The Morgan fingerprint density at radius 3 is 1.34 bits per heavy atom. The van der Waals surface area contributed by atoms with Crippen LogP contribution in [-0.2, 0) is 9.59 Å². The largest absolute Gasteiger partial charge is 0.497 e. The third-order valence-electron chi connectivity index (χ3n) is 6.84. The molecule has 4 aromatic carbocycles. The highest BCUT2D eigenvalue weighted by Crippen LogP contribution is 2.25. The molecule has 0 unspecified atom stereocenters. The summed E-state index contributed by atoms with van der Waals surface area (Å²) in [7, 11) is 3.07. The van der Waals surface area contributed by atoms with Crippen LogP contribution in [0.5, 0.6) is 23.0 Å². The molecule has 2 amide bonds. The second-order valence-corrected chi connectivity index (χ2v) is 12.2. The summed E-state index contributed by atoms with van der Waals surface area (Å²) in [6, 6.07) is 23.0. The number of unbranched alkanes of at least 4 members (excludes halogenated alkanes) is 1. The van der Waals surface area contributed by atoms with E-state index in [-0.39, 0.29) is 36.2 Å². The highest BCUT2D eigenvalue weighted by atomic mass is 79.9. The van der Waals surface area contributed by atoms with E-state index in [2.05, 4.69) is 52.9 Å². The van der Waals surface area contributed by atoms with Crippen LogP contribution in [-0.4, -0.2) is 50.4 Å². The quantitative estimate of drug-likeness (QED) is 0.0436. The molecule has 12 nitrogen and oxygen atoms in total. The molecule has 2 N–H and O–H groups in total. The number of carbonyl (C=O) groups excluding carboxylic acids is 4. The number of esters is 2. The molecule has 0 aliphatic rings. The maximum atomic E-state index is 12.6. The van der Waals surface area contributed by atoms with Gasteiger partial charge >= 0.3 is 11.9 Å². The predicted molar refractivity (Wildman–Crippen MR) is 194 cm³/mol. The number of methoxy groups -OCH3 is 2. The first-order chi connectivity index (χ1) is 24.1. The smallest absolute Gasteiger partial charge is 0.343 e. The Labute approximate surface area is 305 Å². The molecule has 0 saturated heterocycles. The number of benzene rings is 4. The first-order valence-corrected chi connectivity index (χ1v) is 16.7. The van der Waals surface area contributed by atoms with Crippen molar-refractivity contribution in [3.8, 4) is 23.0 Å². The van der Waals surface area contributed by atoms with Gasteiger partial charge in [-0.05, 0) is 97.8 Å². The Morgan fingerprint density at radius 1 is 0.600 bits per heavy atom. The van der Waals surface area contributed by atoms with Crippen molar-refractivity contribution in [1.82, 2.24) is 10.9 Å². The summed E-state index contributed by atoms with van der Waals surface area (Å²) >= 11 is 6.77. The Hall–Kier alpha value is -5.34. The number of halogens is 2. The summed E-state index contributed by atoms with van der Waals surface area (Å²) in [6.07, 6.45) is 3.87. The molecule has 0 aliphatic heterocycles. The molecule has 0 fully saturated rings. The van der Waals surface area contributed by atoms with Gasteiger partial charge in [-0.2, -0.15) is 10.2 Å². The van der Waals surface area contributed by atoms with E-state index in [4.69, 9.17) is 18.9 Å². The number of hydrogen-bond donors (Lipinski definition) is 2. The van der Waals surface area contributed by atoms with Crippen LogP contribution in [0.4, 0.5) is 0 Å². The van der Waals surface area contributed by atoms with Crippen LogP contribution in [0.2, 0.25) is 0 Å². The van der Waals surface area contributed by atoms with Crippen molar-refractivity contribution in [2.24, 2.45) is 10.2 Å². The van der Waals surface area contributed by atoms with Crippen LogP contribution in [0.1, 0.15) is 57.5 Å². The van der Waals surface area contributed by atoms with Gasteiger partial charge < -0.3 is 18.9 Å². The summed E-state index contributed by atoms with van der Waals surface area (Å²) in [5.74, 6) is -0.0863. The second-order valence-electron chi connectivity index (χ2n) is 10.4. The summed E-state index contributed by atoms with van der Waals surface area (Å²) in [4.78, 5) is 49.9. The number of hydrazone groups is 2. The van der Waals surface area contributed by atoms with Crippen molar-refractivity contribution in [3.05, 3.63) is 116 Å². The van der Waals surface area contributed by atoms with Gasteiger partial charge in [0.05, 0.1) is 37.8 Å². The molecule has 0 bridgehead atoms. The zero-order valence-electron chi connectivity index (χ0n) is 27.0. The van der Waals surface area contributed by atoms with E-state index in [1.807, 2.05) is 0 Å². The number of carbonyl (C=O) groups is 4. The van der Waals surface area contributed by atoms with E-state index in [0.29, 0.717) is 46.6 Å². The molecule has 0 atom stereocenters. The highest BCUT2D eigenvalue weighted by molar-refractivity contribution is 9.10. The molecule has 0 aliphatic carbocycles. The Morgan fingerprint density at radius 2 is 0.980 bits per heavy atom. The van der Waals surface area contributed by atoms with E-state index in [1.54, 1.807) is 84.9 Å². The number of amides is 2. The van der Waals surface area contributed by atoms with Crippen molar-refractivity contribution >= 4 is 68.0 Å². The number of ether oxygens (including phenoxy) is 4. The van der Waals surface area contributed by atoms with Gasteiger partial charge in [-0.15, -0.1) is 0 Å². The SMILES string of the molecule is COc1ccc(C(=O)Oc2ccc(Br)cc2/C=N\NC(=O)CCCCC(=O)N/N=C\c2cc(Br)ccc2OC(=O)c2ccc(OC)cc2)cc1.